The van der Waals surface area contributed by atoms with Crippen LogP contribution in [0.4, 0.5) is 0 Å². The molecule has 1 N–H and O–H groups in total. The van der Waals surface area contributed by atoms with Crippen LogP contribution in [0.15, 0.2) is 20.1 Å². The standard InChI is InChI=1S/C14H23BrN2O2S2/c1-11(2)9-12(17-7-3-4-8-17)10-16-21(18,19)14-6-5-13(15)20-14/h5-6,11-12,16H,3-4,7-10H2,1-2H3. The number of likely N-dealkylation sites (tertiary alicyclic amines) is 1. The Morgan fingerprint density at radius 2 is 2.00 bits per heavy atom. The highest BCUT2D eigenvalue weighted by Gasteiger charge is 2.25. The molecule has 1 aliphatic rings. The van der Waals surface area contributed by atoms with Crippen molar-refractivity contribution in [2.75, 3.05) is 19.6 Å². The molecule has 1 fully saturated rings. The van der Waals surface area contributed by atoms with E-state index in [9.17, 15) is 8.42 Å². The molecular formula is C14H23BrN2O2S2. The summed E-state index contributed by atoms with van der Waals surface area (Å²) in [6, 6.07) is 3.71. The third kappa shape index (κ3) is 5.03. The highest BCUT2D eigenvalue weighted by Crippen LogP contribution is 2.26. The Morgan fingerprint density at radius 1 is 1.33 bits per heavy atom. The molecule has 0 saturated carbocycles. The summed E-state index contributed by atoms with van der Waals surface area (Å²) in [5.41, 5.74) is 0. The second-order valence-corrected chi connectivity index (χ2v) is 10.4. The Kier molecular flexibility index (Phi) is 6.25. The zero-order valence-electron chi connectivity index (χ0n) is 12.5. The third-order valence-electron chi connectivity index (χ3n) is 3.72. The van der Waals surface area contributed by atoms with Crippen LogP contribution in [0.1, 0.15) is 33.1 Å². The van der Waals surface area contributed by atoms with Crippen molar-refractivity contribution in [3.63, 3.8) is 0 Å². The van der Waals surface area contributed by atoms with Crippen LogP contribution in [0.2, 0.25) is 0 Å². The number of hydrogen-bond donors (Lipinski definition) is 1. The predicted octanol–water partition coefficient (Wildman–Crippen LogP) is 3.30. The van der Waals surface area contributed by atoms with Crippen LogP contribution in [0.25, 0.3) is 0 Å². The minimum absolute atomic E-state index is 0.297. The first kappa shape index (κ1) is 17.4. The van der Waals surface area contributed by atoms with Gasteiger partial charge in [-0.2, -0.15) is 0 Å². The summed E-state index contributed by atoms with van der Waals surface area (Å²) in [7, 11) is -3.39. The van der Waals surface area contributed by atoms with Crippen molar-refractivity contribution in [1.82, 2.24) is 9.62 Å². The van der Waals surface area contributed by atoms with Crippen molar-refractivity contribution in [3.05, 3.63) is 15.9 Å². The topological polar surface area (TPSA) is 49.4 Å². The Morgan fingerprint density at radius 3 is 2.52 bits per heavy atom. The minimum atomic E-state index is -3.39. The summed E-state index contributed by atoms with van der Waals surface area (Å²) in [4.78, 5) is 2.42. The maximum Gasteiger partial charge on any atom is 0.250 e. The number of nitrogens with zero attached hydrogens (tertiary/aromatic N) is 1. The second-order valence-electron chi connectivity index (χ2n) is 5.94. The van der Waals surface area contributed by atoms with Gasteiger partial charge in [0.2, 0.25) is 10.0 Å². The zero-order valence-corrected chi connectivity index (χ0v) is 15.7. The van der Waals surface area contributed by atoms with E-state index >= 15 is 0 Å². The van der Waals surface area contributed by atoms with Crippen LogP contribution in [0, 0.1) is 5.92 Å². The lowest BCUT2D eigenvalue weighted by molar-refractivity contribution is 0.214. The Labute approximate surface area is 140 Å². The molecule has 1 aromatic rings. The summed E-state index contributed by atoms with van der Waals surface area (Å²) < 4.78 is 28.6. The monoisotopic (exact) mass is 394 g/mol. The van der Waals surface area contributed by atoms with Crippen LogP contribution in [-0.4, -0.2) is 39.0 Å². The lowest BCUT2D eigenvalue weighted by Gasteiger charge is -2.29. The molecule has 0 amide bonds. The van der Waals surface area contributed by atoms with Gasteiger partial charge in [0.25, 0.3) is 0 Å². The number of hydrogen-bond acceptors (Lipinski definition) is 4. The van der Waals surface area contributed by atoms with E-state index in [1.807, 2.05) is 0 Å². The van der Waals surface area contributed by atoms with Crippen LogP contribution >= 0.6 is 27.3 Å². The summed E-state index contributed by atoms with van der Waals surface area (Å²) in [6.45, 7) is 7.05. The summed E-state index contributed by atoms with van der Waals surface area (Å²) in [6.07, 6.45) is 3.47. The minimum Gasteiger partial charge on any atom is -0.299 e. The molecular weight excluding hydrogens is 372 g/mol. The van der Waals surface area contributed by atoms with Crippen LogP contribution in [0.5, 0.6) is 0 Å². The lowest BCUT2D eigenvalue weighted by Crippen LogP contribution is -2.43. The van der Waals surface area contributed by atoms with E-state index in [2.05, 4.69) is 39.4 Å². The zero-order chi connectivity index (χ0) is 15.5. The first-order valence-corrected chi connectivity index (χ1v) is 10.5. The van der Waals surface area contributed by atoms with Gasteiger partial charge in [0.1, 0.15) is 4.21 Å². The summed E-state index contributed by atoms with van der Waals surface area (Å²) in [5.74, 6) is 0.566. The highest BCUT2D eigenvalue weighted by molar-refractivity contribution is 9.11. The fourth-order valence-electron chi connectivity index (χ4n) is 2.73. The van der Waals surface area contributed by atoms with Crippen molar-refractivity contribution in [1.29, 1.82) is 0 Å². The van der Waals surface area contributed by atoms with Gasteiger partial charge in [-0.15, -0.1) is 11.3 Å². The van der Waals surface area contributed by atoms with Gasteiger partial charge in [-0.05, 0) is 66.3 Å². The number of rotatable bonds is 7. The van der Waals surface area contributed by atoms with E-state index in [4.69, 9.17) is 0 Å². The molecule has 0 aliphatic carbocycles. The molecule has 0 aromatic carbocycles. The van der Waals surface area contributed by atoms with Gasteiger partial charge in [-0.25, -0.2) is 13.1 Å². The van der Waals surface area contributed by atoms with Crippen molar-refractivity contribution in [2.24, 2.45) is 5.92 Å². The molecule has 2 rings (SSSR count). The molecule has 1 unspecified atom stereocenters. The Bertz CT molecular complexity index is 551. The maximum atomic E-state index is 12.3. The molecule has 0 radical (unpaired) electrons. The molecule has 1 saturated heterocycles. The SMILES string of the molecule is CC(C)CC(CNS(=O)(=O)c1ccc(Br)s1)N1CCCC1. The van der Waals surface area contributed by atoms with E-state index in [0.717, 1.165) is 23.3 Å². The quantitative estimate of drug-likeness (QED) is 0.771. The average Bonchev–Trinajstić information content (AvgIpc) is 3.05. The van der Waals surface area contributed by atoms with Gasteiger partial charge in [-0.3, -0.25) is 4.90 Å². The Balaban J connectivity index is 2.00. The Hall–Kier alpha value is 0.0500. The van der Waals surface area contributed by atoms with Crippen molar-refractivity contribution < 1.29 is 8.42 Å². The van der Waals surface area contributed by atoms with Crippen LogP contribution < -0.4 is 4.72 Å². The lowest BCUT2D eigenvalue weighted by atomic mass is 10.0. The van der Waals surface area contributed by atoms with Crippen LogP contribution in [-0.2, 0) is 10.0 Å². The molecule has 0 bridgehead atoms. The molecule has 2 heterocycles. The van der Waals surface area contributed by atoms with Gasteiger partial charge in [-0.1, -0.05) is 13.8 Å². The number of nitrogens with one attached hydrogen (secondary N) is 1. The van der Waals surface area contributed by atoms with Gasteiger partial charge < -0.3 is 0 Å². The maximum absolute atomic E-state index is 12.3. The highest BCUT2D eigenvalue weighted by atomic mass is 79.9. The number of thiophene rings is 1. The second kappa shape index (κ2) is 7.55. The van der Waals surface area contributed by atoms with Crippen molar-refractivity contribution in [2.45, 2.75) is 43.4 Å². The largest absolute Gasteiger partial charge is 0.299 e. The summed E-state index contributed by atoms with van der Waals surface area (Å²) in [5, 5.41) is 0. The molecule has 1 aromatic heterocycles. The smallest absolute Gasteiger partial charge is 0.250 e. The van der Waals surface area contributed by atoms with E-state index < -0.39 is 10.0 Å². The molecule has 7 heteroatoms. The van der Waals surface area contributed by atoms with E-state index in [1.165, 1.54) is 24.2 Å². The third-order valence-corrected chi connectivity index (χ3v) is 7.26. The van der Waals surface area contributed by atoms with Gasteiger partial charge in [0.15, 0.2) is 0 Å². The summed E-state index contributed by atoms with van der Waals surface area (Å²) >= 11 is 4.55. The first-order chi connectivity index (χ1) is 9.88. The van der Waals surface area contributed by atoms with Crippen molar-refractivity contribution in [3.8, 4) is 0 Å². The fraction of sp³-hybridized carbons (Fsp3) is 0.714. The van der Waals surface area contributed by atoms with Crippen LogP contribution in [0.3, 0.4) is 0 Å². The van der Waals surface area contributed by atoms with Gasteiger partial charge in [0, 0.05) is 12.6 Å². The number of halogens is 1. The van der Waals surface area contributed by atoms with Crippen molar-refractivity contribution >= 4 is 37.3 Å². The predicted molar refractivity (Wildman–Crippen MR) is 91.3 cm³/mol. The van der Waals surface area contributed by atoms with Gasteiger partial charge in [0.05, 0.1) is 3.79 Å². The fourth-order valence-corrected chi connectivity index (χ4v) is 5.86. The molecule has 21 heavy (non-hydrogen) atoms. The molecule has 4 nitrogen and oxygen atoms in total. The first-order valence-electron chi connectivity index (χ1n) is 7.37. The van der Waals surface area contributed by atoms with E-state index in [0.29, 0.717) is 22.7 Å². The molecule has 1 aliphatic heterocycles. The average molecular weight is 395 g/mol. The van der Waals surface area contributed by atoms with Gasteiger partial charge >= 0.3 is 0 Å². The number of sulfonamides is 1. The van der Waals surface area contributed by atoms with E-state index in [1.54, 1.807) is 12.1 Å². The van der Waals surface area contributed by atoms with E-state index in [-0.39, 0.29) is 0 Å². The molecule has 120 valence electrons. The normalized spacial score (nSPS) is 18.5. The molecule has 1 atom stereocenters. The molecule has 0 spiro atoms.